The molecule has 1 heterocycles. The van der Waals surface area contributed by atoms with E-state index in [9.17, 15) is 14.7 Å². The van der Waals surface area contributed by atoms with Crippen molar-refractivity contribution in [2.75, 3.05) is 13.1 Å². The van der Waals surface area contributed by atoms with Gasteiger partial charge in [0.05, 0.1) is 12.0 Å². The molecule has 0 aromatic rings. The van der Waals surface area contributed by atoms with Gasteiger partial charge in [-0.2, -0.15) is 0 Å². The van der Waals surface area contributed by atoms with Crippen molar-refractivity contribution < 1.29 is 14.7 Å². The highest BCUT2D eigenvalue weighted by molar-refractivity contribution is 5.89. The van der Waals surface area contributed by atoms with Crippen molar-refractivity contribution in [3.8, 4) is 0 Å². The smallest absolute Gasteiger partial charge is 0.225 e. The van der Waals surface area contributed by atoms with Crippen molar-refractivity contribution >= 4 is 11.8 Å². The highest BCUT2D eigenvalue weighted by atomic mass is 16.3. The normalized spacial score (nSPS) is 34.4. The minimum Gasteiger partial charge on any atom is -0.393 e. The molecule has 1 atom stereocenters. The number of amides is 2. The Hall–Kier alpha value is -1.10. The van der Waals surface area contributed by atoms with Crippen LogP contribution in [0.3, 0.4) is 0 Å². The highest BCUT2D eigenvalue weighted by Crippen LogP contribution is 2.30. The number of nitrogens with one attached hydrogen (secondary N) is 1. The Labute approximate surface area is 119 Å². The SMILES string of the molecule is O=C(NCC1CC(O)C1)C1CC(=O)N(C2CCCC2)C1. The van der Waals surface area contributed by atoms with Crippen LogP contribution < -0.4 is 5.32 Å². The molecule has 3 aliphatic rings. The molecule has 112 valence electrons. The monoisotopic (exact) mass is 280 g/mol. The largest absolute Gasteiger partial charge is 0.393 e. The van der Waals surface area contributed by atoms with Crippen LogP contribution >= 0.6 is 0 Å². The second-order valence-corrected chi connectivity index (χ2v) is 6.62. The van der Waals surface area contributed by atoms with Crippen LogP contribution in [0.1, 0.15) is 44.9 Å². The maximum atomic E-state index is 12.1. The maximum absolute atomic E-state index is 12.1. The molecule has 20 heavy (non-hydrogen) atoms. The van der Waals surface area contributed by atoms with Gasteiger partial charge in [-0.25, -0.2) is 0 Å². The minimum absolute atomic E-state index is 0.0141. The molecule has 0 aromatic heterocycles. The lowest BCUT2D eigenvalue weighted by Crippen LogP contribution is -2.41. The van der Waals surface area contributed by atoms with Crippen molar-refractivity contribution in [2.24, 2.45) is 11.8 Å². The van der Waals surface area contributed by atoms with E-state index in [1.807, 2.05) is 4.90 Å². The van der Waals surface area contributed by atoms with Gasteiger partial charge < -0.3 is 15.3 Å². The Bertz CT molecular complexity index is 387. The third kappa shape index (κ3) is 2.82. The van der Waals surface area contributed by atoms with Gasteiger partial charge in [0.15, 0.2) is 0 Å². The summed E-state index contributed by atoms with van der Waals surface area (Å²) >= 11 is 0. The fourth-order valence-electron chi connectivity index (χ4n) is 3.73. The van der Waals surface area contributed by atoms with E-state index in [1.54, 1.807) is 0 Å². The van der Waals surface area contributed by atoms with Gasteiger partial charge in [0, 0.05) is 25.6 Å². The average molecular weight is 280 g/mol. The van der Waals surface area contributed by atoms with Gasteiger partial charge in [-0.3, -0.25) is 9.59 Å². The Morgan fingerprint density at radius 1 is 1.30 bits per heavy atom. The van der Waals surface area contributed by atoms with E-state index in [0.717, 1.165) is 25.7 Å². The number of nitrogens with zero attached hydrogens (tertiary/aromatic N) is 1. The summed E-state index contributed by atoms with van der Waals surface area (Å²) in [6, 6.07) is 0.377. The molecule has 5 nitrogen and oxygen atoms in total. The molecule has 0 radical (unpaired) electrons. The maximum Gasteiger partial charge on any atom is 0.225 e. The predicted octanol–water partition coefficient (Wildman–Crippen LogP) is 0.665. The number of carbonyl (C=O) groups is 2. The molecule has 2 saturated carbocycles. The zero-order chi connectivity index (χ0) is 14.1. The van der Waals surface area contributed by atoms with Crippen LogP contribution in [0.4, 0.5) is 0 Å². The summed E-state index contributed by atoms with van der Waals surface area (Å²) in [6.45, 7) is 1.24. The van der Waals surface area contributed by atoms with E-state index in [2.05, 4.69) is 5.32 Å². The summed E-state index contributed by atoms with van der Waals surface area (Å²) in [7, 11) is 0. The van der Waals surface area contributed by atoms with Crippen molar-refractivity contribution in [1.29, 1.82) is 0 Å². The number of rotatable bonds is 4. The first-order valence-corrected chi connectivity index (χ1v) is 7.88. The Balaban J connectivity index is 1.45. The third-order valence-electron chi connectivity index (χ3n) is 5.07. The number of hydrogen-bond acceptors (Lipinski definition) is 3. The number of likely N-dealkylation sites (tertiary alicyclic amines) is 1. The predicted molar refractivity (Wildman–Crippen MR) is 73.8 cm³/mol. The molecule has 1 aliphatic heterocycles. The highest BCUT2D eigenvalue weighted by Gasteiger charge is 2.39. The van der Waals surface area contributed by atoms with Crippen LogP contribution in [0.15, 0.2) is 0 Å². The standard InChI is InChI=1S/C15H24N2O3/c18-13-5-10(6-13)8-16-15(20)11-7-14(19)17(9-11)12-3-1-2-4-12/h10-13,18H,1-9H2,(H,16,20). The minimum atomic E-state index is -0.178. The first kappa shape index (κ1) is 13.9. The van der Waals surface area contributed by atoms with Gasteiger partial charge in [-0.1, -0.05) is 12.8 Å². The second kappa shape index (κ2) is 5.72. The summed E-state index contributed by atoms with van der Waals surface area (Å²) in [6.07, 6.45) is 6.37. The molecule has 2 amide bonds. The van der Waals surface area contributed by atoms with E-state index in [-0.39, 0.29) is 23.8 Å². The van der Waals surface area contributed by atoms with E-state index < -0.39 is 0 Å². The molecule has 1 saturated heterocycles. The lowest BCUT2D eigenvalue weighted by molar-refractivity contribution is -0.130. The first-order chi connectivity index (χ1) is 9.63. The fourth-order valence-corrected chi connectivity index (χ4v) is 3.73. The van der Waals surface area contributed by atoms with Crippen molar-refractivity contribution in [1.82, 2.24) is 10.2 Å². The third-order valence-corrected chi connectivity index (χ3v) is 5.07. The van der Waals surface area contributed by atoms with Crippen molar-refractivity contribution in [3.05, 3.63) is 0 Å². The van der Waals surface area contributed by atoms with Gasteiger partial charge in [-0.15, -0.1) is 0 Å². The number of hydrogen-bond donors (Lipinski definition) is 2. The topological polar surface area (TPSA) is 69.6 Å². The van der Waals surface area contributed by atoms with Gasteiger partial charge >= 0.3 is 0 Å². The zero-order valence-corrected chi connectivity index (χ0v) is 11.9. The van der Waals surface area contributed by atoms with Crippen LogP contribution in [-0.4, -0.2) is 47.1 Å². The summed E-state index contributed by atoms with van der Waals surface area (Å²) in [5.41, 5.74) is 0. The summed E-state index contributed by atoms with van der Waals surface area (Å²) < 4.78 is 0. The fraction of sp³-hybridized carbons (Fsp3) is 0.867. The first-order valence-electron chi connectivity index (χ1n) is 7.88. The molecular weight excluding hydrogens is 256 g/mol. The zero-order valence-electron chi connectivity index (χ0n) is 11.9. The van der Waals surface area contributed by atoms with Crippen molar-refractivity contribution in [3.63, 3.8) is 0 Å². The van der Waals surface area contributed by atoms with Crippen LogP contribution in [0.2, 0.25) is 0 Å². The number of aliphatic hydroxyl groups is 1. The molecule has 1 unspecified atom stereocenters. The molecule has 0 spiro atoms. The molecule has 3 fully saturated rings. The molecule has 2 aliphatic carbocycles. The lowest BCUT2D eigenvalue weighted by Gasteiger charge is -2.31. The van der Waals surface area contributed by atoms with E-state index >= 15 is 0 Å². The van der Waals surface area contributed by atoms with Crippen molar-refractivity contribution in [2.45, 2.75) is 57.1 Å². The van der Waals surface area contributed by atoms with Gasteiger partial charge in [0.25, 0.3) is 0 Å². The van der Waals surface area contributed by atoms with Gasteiger partial charge in [0.1, 0.15) is 0 Å². The van der Waals surface area contributed by atoms with Crippen LogP contribution in [0.5, 0.6) is 0 Å². The van der Waals surface area contributed by atoms with E-state index in [0.29, 0.717) is 31.5 Å². The van der Waals surface area contributed by atoms with Crippen LogP contribution in [0.25, 0.3) is 0 Å². The lowest BCUT2D eigenvalue weighted by atomic mass is 9.82. The molecule has 0 bridgehead atoms. The molecular formula is C15H24N2O3. The van der Waals surface area contributed by atoms with Crippen LogP contribution in [0, 0.1) is 11.8 Å². The Kier molecular flexibility index (Phi) is 3.96. The van der Waals surface area contributed by atoms with E-state index in [4.69, 9.17) is 0 Å². The summed E-state index contributed by atoms with van der Waals surface area (Å²) in [5.74, 6) is 0.404. The molecule has 3 rings (SSSR count). The quantitative estimate of drug-likeness (QED) is 0.795. The Morgan fingerprint density at radius 3 is 2.65 bits per heavy atom. The molecule has 2 N–H and O–H groups in total. The molecule has 5 heteroatoms. The number of aliphatic hydroxyl groups excluding tert-OH is 1. The van der Waals surface area contributed by atoms with Gasteiger partial charge in [-0.05, 0) is 31.6 Å². The second-order valence-electron chi connectivity index (χ2n) is 6.62. The van der Waals surface area contributed by atoms with Gasteiger partial charge in [0.2, 0.25) is 11.8 Å². The Morgan fingerprint density at radius 2 is 2.00 bits per heavy atom. The summed E-state index contributed by atoms with van der Waals surface area (Å²) in [5, 5.41) is 12.2. The number of carbonyl (C=O) groups excluding carboxylic acids is 2. The average Bonchev–Trinajstić information content (AvgIpc) is 3.01. The van der Waals surface area contributed by atoms with E-state index in [1.165, 1.54) is 12.8 Å². The van der Waals surface area contributed by atoms with Crippen LogP contribution in [-0.2, 0) is 9.59 Å². The molecule has 0 aromatic carbocycles. The summed E-state index contributed by atoms with van der Waals surface area (Å²) in [4.78, 5) is 26.1.